The number of H-pyrrole nitrogens is 1. The van der Waals surface area contributed by atoms with E-state index in [0.717, 1.165) is 37.3 Å². The Morgan fingerprint density at radius 2 is 1.79 bits per heavy atom. The smallest absolute Gasteiger partial charge is 0.250 e. The van der Waals surface area contributed by atoms with Crippen LogP contribution in [0.15, 0.2) is 48.5 Å². The summed E-state index contributed by atoms with van der Waals surface area (Å²) in [7, 11) is 0. The summed E-state index contributed by atoms with van der Waals surface area (Å²) in [6, 6.07) is 16.0. The number of nitrogens with two attached hydrogens (primary N) is 1. The molecule has 1 saturated heterocycles. The number of carbonyl (C=O) groups excluding carboxylic acids is 1. The molecular formula is C19H20N4O. The van der Waals surface area contributed by atoms with Gasteiger partial charge in [0.25, 0.3) is 5.91 Å². The van der Waals surface area contributed by atoms with Crippen molar-refractivity contribution in [3.05, 3.63) is 65.5 Å². The number of hydrogen-bond acceptors (Lipinski definition) is 3. The number of amides is 1. The summed E-state index contributed by atoms with van der Waals surface area (Å²) < 4.78 is 0. The van der Waals surface area contributed by atoms with Crippen molar-refractivity contribution in [1.82, 2.24) is 15.3 Å². The van der Waals surface area contributed by atoms with Gasteiger partial charge in [0.05, 0.1) is 16.5 Å². The maximum atomic E-state index is 11.7. The summed E-state index contributed by atoms with van der Waals surface area (Å²) >= 11 is 0. The molecule has 0 atom stereocenters. The number of primary amides is 1. The molecule has 0 radical (unpaired) electrons. The fraction of sp³-hybridized carbons (Fsp3) is 0.263. The summed E-state index contributed by atoms with van der Waals surface area (Å²) in [6.07, 6.45) is 1.92. The number of carbonyl (C=O) groups is 1. The van der Waals surface area contributed by atoms with Gasteiger partial charge in [-0.1, -0.05) is 36.4 Å². The minimum atomic E-state index is -0.447. The number of hydrogen-bond donors (Lipinski definition) is 3. The van der Waals surface area contributed by atoms with E-state index in [0.29, 0.717) is 11.1 Å². The molecule has 1 aliphatic rings. The predicted octanol–water partition coefficient (Wildman–Crippen LogP) is 2.33. The number of rotatable bonds is 3. The van der Waals surface area contributed by atoms with Crippen molar-refractivity contribution in [3.63, 3.8) is 0 Å². The predicted molar refractivity (Wildman–Crippen MR) is 93.9 cm³/mol. The van der Waals surface area contributed by atoms with Gasteiger partial charge in [0, 0.05) is 0 Å². The van der Waals surface area contributed by atoms with E-state index in [1.807, 2.05) is 18.2 Å². The molecule has 2 heterocycles. The van der Waals surface area contributed by atoms with Gasteiger partial charge in [-0.3, -0.25) is 4.79 Å². The molecule has 0 aliphatic carbocycles. The number of nitrogens with zero attached hydrogens (tertiary/aromatic N) is 1. The maximum Gasteiger partial charge on any atom is 0.250 e. The van der Waals surface area contributed by atoms with Gasteiger partial charge in [-0.05, 0) is 43.6 Å². The normalized spacial score (nSPS) is 17.0. The summed E-state index contributed by atoms with van der Waals surface area (Å²) in [6.45, 7) is 1.88. The number of piperidine rings is 1. The molecule has 5 nitrogen and oxygen atoms in total. The van der Waals surface area contributed by atoms with E-state index >= 15 is 0 Å². The van der Waals surface area contributed by atoms with Crippen molar-refractivity contribution in [2.24, 2.45) is 5.73 Å². The molecule has 1 aromatic heterocycles. The Labute approximate surface area is 140 Å². The average Bonchev–Trinajstić information content (AvgIpc) is 3.07. The topological polar surface area (TPSA) is 83.8 Å². The van der Waals surface area contributed by atoms with Crippen molar-refractivity contribution in [1.29, 1.82) is 0 Å². The fourth-order valence-electron chi connectivity index (χ4n) is 3.73. The quantitative estimate of drug-likeness (QED) is 0.692. The van der Waals surface area contributed by atoms with Crippen LogP contribution in [0.2, 0.25) is 0 Å². The molecule has 4 rings (SSSR count). The molecule has 3 aromatic rings. The van der Waals surface area contributed by atoms with Crippen LogP contribution in [0.25, 0.3) is 11.0 Å². The first kappa shape index (κ1) is 14.9. The van der Waals surface area contributed by atoms with Crippen LogP contribution in [-0.2, 0) is 5.41 Å². The van der Waals surface area contributed by atoms with Crippen LogP contribution in [0.1, 0.15) is 34.6 Å². The largest absolute Gasteiger partial charge is 0.366 e. The van der Waals surface area contributed by atoms with Crippen molar-refractivity contribution < 1.29 is 4.79 Å². The van der Waals surface area contributed by atoms with Crippen molar-refractivity contribution in [3.8, 4) is 0 Å². The molecule has 4 N–H and O–H groups in total. The molecule has 1 fully saturated rings. The number of fused-ring (bicyclic) bond motifs is 1. The second-order valence-corrected chi connectivity index (χ2v) is 6.35. The van der Waals surface area contributed by atoms with Crippen LogP contribution in [0.3, 0.4) is 0 Å². The monoisotopic (exact) mass is 320 g/mol. The van der Waals surface area contributed by atoms with Crippen molar-refractivity contribution in [2.45, 2.75) is 18.3 Å². The van der Waals surface area contributed by atoms with E-state index in [-0.39, 0.29) is 5.41 Å². The third-order valence-electron chi connectivity index (χ3n) is 5.01. The molecule has 0 unspecified atom stereocenters. The van der Waals surface area contributed by atoms with Gasteiger partial charge in [-0.15, -0.1) is 0 Å². The number of para-hydroxylation sites is 1. The SMILES string of the molecule is NC(=O)c1cccc2[nH]c(C3(c4ccccc4)CCNCC3)nc12. The Morgan fingerprint density at radius 3 is 2.50 bits per heavy atom. The third kappa shape index (κ3) is 2.29. The van der Waals surface area contributed by atoms with Gasteiger partial charge >= 0.3 is 0 Å². The maximum absolute atomic E-state index is 11.7. The van der Waals surface area contributed by atoms with E-state index < -0.39 is 5.91 Å². The number of imidazole rings is 1. The van der Waals surface area contributed by atoms with E-state index in [1.165, 1.54) is 5.56 Å². The molecule has 5 heteroatoms. The van der Waals surface area contributed by atoms with Gasteiger partial charge in [0.15, 0.2) is 0 Å². The standard InChI is InChI=1S/C19H20N4O/c20-17(24)14-7-4-8-15-16(14)23-18(22-15)19(9-11-21-12-10-19)13-5-2-1-3-6-13/h1-8,21H,9-12H2,(H2,20,24)(H,22,23). The van der Waals surface area contributed by atoms with Crippen LogP contribution in [0.5, 0.6) is 0 Å². The van der Waals surface area contributed by atoms with Gasteiger partial charge < -0.3 is 16.0 Å². The number of aromatic nitrogens is 2. The summed E-state index contributed by atoms with van der Waals surface area (Å²) in [5.41, 5.74) is 8.58. The lowest BCUT2D eigenvalue weighted by atomic mass is 9.72. The van der Waals surface area contributed by atoms with Crippen molar-refractivity contribution >= 4 is 16.9 Å². The van der Waals surface area contributed by atoms with Crippen LogP contribution >= 0.6 is 0 Å². The number of nitrogens with one attached hydrogen (secondary N) is 2. The summed E-state index contributed by atoms with van der Waals surface area (Å²) in [4.78, 5) is 20.0. The third-order valence-corrected chi connectivity index (χ3v) is 5.01. The highest BCUT2D eigenvalue weighted by Gasteiger charge is 2.38. The van der Waals surface area contributed by atoms with Gasteiger partial charge in [0.2, 0.25) is 0 Å². The van der Waals surface area contributed by atoms with Crippen LogP contribution in [-0.4, -0.2) is 29.0 Å². The lowest BCUT2D eigenvalue weighted by Gasteiger charge is -2.36. The molecule has 1 aliphatic heterocycles. The first-order valence-electron chi connectivity index (χ1n) is 8.26. The molecule has 24 heavy (non-hydrogen) atoms. The highest BCUT2D eigenvalue weighted by molar-refractivity contribution is 6.04. The molecule has 0 spiro atoms. The molecular weight excluding hydrogens is 300 g/mol. The second-order valence-electron chi connectivity index (χ2n) is 6.35. The Balaban J connectivity index is 1.92. The van der Waals surface area contributed by atoms with Crippen molar-refractivity contribution in [2.75, 3.05) is 13.1 Å². The minimum Gasteiger partial charge on any atom is -0.366 e. The van der Waals surface area contributed by atoms with E-state index in [9.17, 15) is 4.79 Å². The second kappa shape index (κ2) is 5.76. The molecule has 0 bridgehead atoms. The van der Waals surface area contributed by atoms with E-state index in [1.54, 1.807) is 6.07 Å². The minimum absolute atomic E-state index is 0.166. The Bertz CT molecular complexity index is 879. The van der Waals surface area contributed by atoms with Gasteiger partial charge in [-0.2, -0.15) is 0 Å². The number of benzene rings is 2. The first-order chi connectivity index (χ1) is 11.7. The van der Waals surface area contributed by atoms with Crippen LogP contribution in [0.4, 0.5) is 0 Å². The first-order valence-corrected chi connectivity index (χ1v) is 8.26. The Hall–Kier alpha value is -2.66. The average molecular weight is 320 g/mol. The molecule has 0 saturated carbocycles. The van der Waals surface area contributed by atoms with Gasteiger partial charge in [-0.25, -0.2) is 4.98 Å². The van der Waals surface area contributed by atoms with Gasteiger partial charge in [0.1, 0.15) is 11.3 Å². The van der Waals surface area contributed by atoms with Crippen LogP contribution in [0, 0.1) is 0 Å². The summed E-state index contributed by atoms with van der Waals surface area (Å²) in [5, 5.41) is 3.43. The number of aromatic amines is 1. The highest BCUT2D eigenvalue weighted by Crippen LogP contribution is 2.39. The lowest BCUT2D eigenvalue weighted by Crippen LogP contribution is -2.41. The summed E-state index contributed by atoms with van der Waals surface area (Å²) in [5.74, 6) is 0.469. The zero-order chi connectivity index (χ0) is 16.6. The fourth-order valence-corrected chi connectivity index (χ4v) is 3.73. The Kier molecular flexibility index (Phi) is 3.58. The molecule has 2 aromatic carbocycles. The zero-order valence-corrected chi connectivity index (χ0v) is 13.4. The zero-order valence-electron chi connectivity index (χ0n) is 13.4. The Morgan fingerprint density at radius 1 is 1.04 bits per heavy atom. The van der Waals surface area contributed by atoms with E-state index in [4.69, 9.17) is 10.7 Å². The van der Waals surface area contributed by atoms with E-state index in [2.05, 4.69) is 34.6 Å². The highest BCUT2D eigenvalue weighted by atomic mass is 16.1. The molecule has 122 valence electrons. The molecule has 1 amide bonds. The van der Waals surface area contributed by atoms with Crippen LogP contribution < -0.4 is 11.1 Å². The lowest BCUT2D eigenvalue weighted by molar-refractivity contribution is 0.100.